The molecule has 0 aliphatic heterocycles. The molecule has 0 aliphatic rings. The number of nitrogens with two attached hydrogens (primary N) is 1. The van der Waals surface area contributed by atoms with Crippen LogP contribution >= 0.6 is 0 Å². The van der Waals surface area contributed by atoms with Crippen LogP contribution in [0.4, 0.5) is 5.69 Å². The monoisotopic (exact) mass is 177 g/mol. The topological polar surface area (TPSA) is 35.2 Å². The summed E-state index contributed by atoms with van der Waals surface area (Å²) in [7, 11) is 0. The summed E-state index contributed by atoms with van der Waals surface area (Å²) in [5.41, 5.74) is 8.68. The van der Waals surface area contributed by atoms with Crippen molar-refractivity contribution in [3.05, 3.63) is 36.1 Å². The second-order valence-corrected chi connectivity index (χ2v) is 2.84. The van der Waals surface area contributed by atoms with E-state index in [9.17, 15) is 0 Å². The van der Waals surface area contributed by atoms with Gasteiger partial charge in [-0.3, -0.25) is 0 Å². The smallest absolute Gasteiger partial charge is 0.0864 e. The van der Waals surface area contributed by atoms with Crippen molar-refractivity contribution in [3.8, 4) is 0 Å². The summed E-state index contributed by atoms with van der Waals surface area (Å²) in [4.78, 5) is 0. The molecule has 2 heteroatoms. The van der Waals surface area contributed by atoms with Gasteiger partial charge in [0.2, 0.25) is 0 Å². The minimum absolute atomic E-state index is 0.685. The predicted octanol–water partition coefficient (Wildman–Crippen LogP) is 2.67. The van der Waals surface area contributed by atoms with E-state index in [1.807, 2.05) is 38.1 Å². The van der Waals surface area contributed by atoms with Crippen LogP contribution in [0.1, 0.15) is 19.4 Å². The molecule has 13 heavy (non-hydrogen) atoms. The van der Waals surface area contributed by atoms with E-state index in [-0.39, 0.29) is 0 Å². The SMILES string of the molecule is CCO/C=C(\C)c1ccccc1N. The molecule has 70 valence electrons. The highest BCUT2D eigenvalue weighted by Gasteiger charge is 1.98. The maximum atomic E-state index is 5.80. The second-order valence-electron chi connectivity index (χ2n) is 2.84. The fraction of sp³-hybridized carbons (Fsp3) is 0.273. The maximum absolute atomic E-state index is 5.80. The van der Waals surface area contributed by atoms with Gasteiger partial charge >= 0.3 is 0 Å². The summed E-state index contributed by atoms with van der Waals surface area (Å²) in [6, 6.07) is 7.76. The molecule has 0 spiro atoms. The van der Waals surface area contributed by atoms with Crippen molar-refractivity contribution in [3.63, 3.8) is 0 Å². The first-order valence-corrected chi connectivity index (χ1v) is 4.39. The van der Waals surface area contributed by atoms with E-state index < -0.39 is 0 Å². The zero-order valence-electron chi connectivity index (χ0n) is 8.08. The van der Waals surface area contributed by atoms with Crippen molar-refractivity contribution in [1.29, 1.82) is 0 Å². The Balaban J connectivity index is 2.88. The molecule has 0 heterocycles. The van der Waals surface area contributed by atoms with Crippen LogP contribution in [-0.2, 0) is 4.74 Å². The van der Waals surface area contributed by atoms with Gasteiger partial charge in [-0.1, -0.05) is 18.2 Å². The molecule has 0 aliphatic carbocycles. The summed E-state index contributed by atoms with van der Waals surface area (Å²) < 4.78 is 5.19. The number of benzene rings is 1. The van der Waals surface area contributed by atoms with Gasteiger partial charge in [-0.25, -0.2) is 0 Å². The van der Waals surface area contributed by atoms with Gasteiger partial charge in [0.05, 0.1) is 12.9 Å². The molecular formula is C11H15NO. The lowest BCUT2D eigenvalue weighted by atomic mass is 10.1. The number of hydrogen-bond donors (Lipinski definition) is 1. The lowest BCUT2D eigenvalue weighted by Gasteiger charge is -2.05. The van der Waals surface area contributed by atoms with Gasteiger partial charge in [-0.2, -0.15) is 0 Å². The number of rotatable bonds is 3. The molecule has 1 rings (SSSR count). The Kier molecular flexibility index (Phi) is 3.38. The van der Waals surface area contributed by atoms with E-state index in [2.05, 4.69) is 0 Å². The number of nitrogen functional groups attached to an aromatic ring is 1. The Hall–Kier alpha value is -1.44. The van der Waals surface area contributed by atoms with Crippen LogP contribution in [0.25, 0.3) is 5.57 Å². The van der Waals surface area contributed by atoms with E-state index in [1.54, 1.807) is 6.26 Å². The Bertz CT molecular complexity index is 305. The first kappa shape index (κ1) is 9.65. The zero-order chi connectivity index (χ0) is 9.68. The molecule has 0 radical (unpaired) electrons. The molecule has 0 unspecified atom stereocenters. The molecule has 0 aromatic heterocycles. The third kappa shape index (κ3) is 2.51. The lowest BCUT2D eigenvalue weighted by molar-refractivity contribution is 0.270. The molecule has 0 atom stereocenters. The molecule has 0 saturated heterocycles. The number of para-hydroxylation sites is 1. The van der Waals surface area contributed by atoms with Gasteiger partial charge < -0.3 is 10.5 Å². The molecule has 0 fully saturated rings. The van der Waals surface area contributed by atoms with Gasteiger partial charge in [0.15, 0.2) is 0 Å². The van der Waals surface area contributed by atoms with Crippen molar-refractivity contribution in [1.82, 2.24) is 0 Å². The fourth-order valence-corrected chi connectivity index (χ4v) is 1.13. The molecule has 2 N–H and O–H groups in total. The van der Waals surface area contributed by atoms with Crippen LogP contribution in [0.2, 0.25) is 0 Å². The highest BCUT2D eigenvalue weighted by Crippen LogP contribution is 2.20. The number of hydrogen-bond acceptors (Lipinski definition) is 2. The van der Waals surface area contributed by atoms with Crippen LogP contribution in [0.3, 0.4) is 0 Å². The molecule has 1 aromatic carbocycles. The largest absolute Gasteiger partial charge is 0.501 e. The molecule has 0 saturated carbocycles. The van der Waals surface area contributed by atoms with Crippen LogP contribution in [0, 0.1) is 0 Å². The number of anilines is 1. The minimum Gasteiger partial charge on any atom is -0.501 e. The van der Waals surface area contributed by atoms with Crippen LogP contribution < -0.4 is 5.73 Å². The van der Waals surface area contributed by atoms with Crippen LogP contribution in [0.5, 0.6) is 0 Å². The average molecular weight is 177 g/mol. The van der Waals surface area contributed by atoms with E-state index in [1.165, 1.54) is 0 Å². The lowest BCUT2D eigenvalue weighted by Crippen LogP contribution is -1.91. The second kappa shape index (κ2) is 4.55. The molecular weight excluding hydrogens is 162 g/mol. The summed E-state index contributed by atoms with van der Waals surface area (Å²) in [5.74, 6) is 0. The summed E-state index contributed by atoms with van der Waals surface area (Å²) in [6.07, 6.45) is 1.74. The van der Waals surface area contributed by atoms with Gasteiger partial charge in [0.25, 0.3) is 0 Å². The first-order chi connectivity index (χ1) is 6.25. The van der Waals surface area contributed by atoms with Crippen molar-refractivity contribution >= 4 is 11.3 Å². The van der Waals surface area contributed by atoms with E-state index in [0.29, 0.717) is 6.61 Å². The molecule has 0 bridgehead atoms. The summed E-state index contributed by atoms with van der Waals surface area (Å²) in [6.45, 7) is 4.63. The van der Waals surface area contributed by atoms with Crippen LogP contribution in [-0.4, -0.2) is 6.61 Å². The van der Waals surface area contributed by atoms with E-state index in [4.69, 9.17) is 10.5 Å². The number of allylic oxidation sites excluding steroid dienone is 1. The molecule has 0 amide bonds. The van der Waals surface area contributed by atoms with E-state index in [0.717, 1.165) is 16.8 Å². The minimum atomic E-state index is 0.685. The van der Waals surface area contributed by atoms with Gasteiger partial charge in [0.1, 0.15) is 0 Å². The van der Waals surface area contributed by atoms with Crippen molar-refractivity contribution < 1.29 is 4.74 Å². The van der Waals surface area contributed by atoms with E-state index >= 15 is 0 Å². The zero-order valence-corrected chi connectivity index (χ0v) is 8.08. The maximum Gasteiger partial charge on any atom is 0.0864 e. The highest BCUT2D eigenvalue weighted by atomic mass is 16.5. The van der Waals surface area contributed by atoms with Crippen molar-refractivity contribution in [2.75, 3.05) is 12.3 Å². The van der Waals surface area contributed by atoms with Gasteiger partial charge in [-0.15, -0.1) is 0 Å². The Morgan fingerprint density at radius 2 is 2.15 bits per heavy atom. The third-order valence-corrected chi connectivity index (χ3v) is 1.81. The quantitative estimate of drug-likeness (QED) is 0.569. The Labute approximate surface area is 79.0 Å². The standard InChI is InChI=1S/C11H15NO/c1-3-13-8-9(2)10-6-4-5-7-11(10)12/h4-8H,3,12H2,1-2H3/b9-8+. The normalized spacial score (nSPS) is 11.4. The predicted molar refractivity (Wildman–Crippen MR) is 56.1 cm³/mol. The summed E-state index contributed by atoms with van der Waals surface area (Å²) >= 11 is 0. The third-order valence-electron chi connectivity index (χ3n) is 1.81. The average Bonchev–Trinajstić information content (AvgIpc) is 2.15. The summed E-state index contributed by atoms with van der Waals surface area (Å²) in [5, 5.41) is 0. The fourth-order valence-electron chi connectivity index (χ4n) is 1.13. The van der Waals surface area contributed by atoms with Crippen LogP contribution in [0.15, 0.2) is 30.5 Å². The van der Waals surface area contributed by atoms with Crippen molar-refractivity contribution in [2.45, 2.75) is 13.8 Å². The van der Waals surface area contributed by atoms with Gasteiger partial charge in [0, 0.05) is 11.3 Å². The number of ether oxygens (including phenoxy) is 1. The van der Waals surface area contributed by atoms with Crippen molar-refractivity contribution in [2.24, 2.45) is 0 Å². The first-order valence-electron chi connectivity index (χ1n) is 4.39. The molecule has 1 aromatic rings. The molecule has 2 nitrogen and oxygen atoms in total. The Morgan fingerprint density at radius 3 is 2.77 bits per heavy atom. The highest BCUT2D eigenvalue weighted by molar-refractivity contribution is 5.72. The van der Waals surface area contributed by atoms with Gasteiger partial charge in [-0.05, 0) is 25.5 Å². The Morgan fingerprint density at radius 1 is 1.46 bits per heavy atom.